The minimum Gasteiger partial charge on any atom is -0.474 e. The van der Waals surface area contributed by atoms with Gasteiger partial charge in [-0.15, -0.1) is 0 Å². The maximum absolute atomic E-state index is 12.4. The molecule has 2 N–H and O–H groups in total. The van der Waals surface area contributed by atoms with Crippen LogP contribution in [0, 0.1) is 5.82 Å². The summed E-state index contributed by atoms with van der Waals surface area (Å²) in [5.41, 5.74) is 0.640. The normalized spacial score (nSPS) is 9.50. The van der Waals surface area contributed by atoms with E-state index >= 15 is 0 Å². The Balaban J connectivity index is 2.50. The highest BCUT2D eigenvalue weighted by Crippen LogP contribution is 2.01. The molecule has 0 aliphatic heterocycles. The van der Waals surface area contributed by atoms with E-state index in [4.69, 9.17) is 5.11 Å². The minimum atomic E-state index is -1.54. The molecule has 1 aromatic rings. The highest BCUT2D eigenvalue weighted by atomic mass is 19.1. The third-order valence-electron chi connectivity index (χ3n) is 1.56. The van der Waals surface area contributed by atoms with Crippen LogP contribution in [0.1, 0.15) is 5.56 Å². The predicted octanol–water partition coefficient (Wildman–Crippen LogP) is 0.526. The summed E-state index contributed by atoms with van der Waals surface area (Å²) in [7, 11) is 0. The topological polar surface area (TPSA) is 66.4 Å². The fraction of sp³-hybridized carbons (Fsp3) is 0.111. The van der Waals surface area contributed by atoms with E-state index in [-0.39, 0.29) is 12.4 Å². The van der Waals surface area contributed by atoms with Crippen LogP contribution in [-0.4, -0.2) is 17.0 Å². The molecule has 74 valence electrons. The number of aliphatic carboxylic acids is 1. The lowest BCUT2D eigenvalue weighted by molar-refractivity contribution is -0.150. The van der Waals surface area contributed by atoms with Crippen molar-refractivity contribution in [1.82, 2.24) is 5.32 Å². The van der Waals surface area contributed by atoms with E-state index in [1.807, 2.05) is 0 Å². The number of halogens is 1. The molecule has 0 saturated carbocycles. The first-order valence-electron chi connectivity index (χ1n) is 3.85. The van der Waals surface area contributed by atoms with Gasteiger partial charge in [0, 0.05) is 6.54 Å². The van der Waals surface area contributed by atoms with E-state index in [0.717, 1.165) is 0 Å². The number of hydrogen-bond acceptors (Lipinski definition) is 2. The van der Waals surface area contributed by atoms with Gasteiger partial charge in [-0.3, -0.25) is 4.79 Å². The number of carboxylic acids is 1. The molecule has 0 atom stereocenters. The van der Waals surface area contributed by atoms with Gasteiger partial charge in [-0.2, -0.15) is 0 Å². The van der Waals surface area contributed by atoms with Gasteiger partial charge in [-0.25, -0.2) is 9.18 Å². The molecule has 0 unspecified atom stereocenters. The first-order valence-corrected chi connectivity index (χ1v) is 3.85. The Bertz CT molecular complexity index is 348. The fourth-order valence-electron chi connectivity index (χ4n) is 0.860. The summed E-state index contributed by atoms with van der Waals surface area (Å²) in [4.78, 5) is 20.7. The van der Waals surface area contributed by atoms with Crippen molar-refractivity contribution < 1.29 is 19.1 Å². The molecular formula is C9H8FNO3. The van der Waals surface area contributed by atoms with Crippen LogP contribution in [0.15, 0.2) is 24.3 Å². The number of hydrogen-bond donors (Lipinski definition) is 2. The standard InChI is InChI=1S/C9H8FNO3/c10-7-3-1-6(2-4-7)5-11-8(12)9(13)14/h1-4H,5H2,(H,11,12)(H,13,14). The third-order valence-corrected chi connectivity index (χ3v) is 1.56. The zero-order valence-corrected chi connectivity index (χ0v) is 7.16. The van der Waals surface area contributed by atoms with E-state index in [1.165, 1.54) is 24.3 Å². The molecule has 0 heterocycles. The number of carboxylic acid groups (broad SMARTS) is 1. The lowest BCUT2D eigenvalue weighted by Gasteiger charge is -2.01. The molecule has 0 aliphatic rings. The van der Waals surface area contributed by atoms with Crippen LogP contribution in [0.2, 0.25) is 0 Å². The van der Waals surface area contributed by atoms with Crippen LogP contribution >= 0.6 is 0 Å². The number of carbonyl (C=O) groups is 2. The van der Waals surface area contributed by atoms with Crippen molar-refractivity contribution in [3.8, 4) is 0 Å². The van der Waals surface area contributed by atoms with E-state index in [9.17, 15) is 14.0 Å². The summed E-state index contributed by atoms with van der Waals surface area (Å²) >= 11 is 0. The van der Waals surface area contributed by atoms with Crippen molar-refractivity contribution in [2.24, 2.45) is 0 Å². The van der Waals surface area contributed by atoms with Crippen LogP contribution in [-0.2, 0) is 16.1 Å². The molecule has 4 nitrogen and oxygen atoms in total. The molecule has 14 heavy (non-hydrogen) atoms. The highest BCUT2D eigenvalue weighted by molar-refractivity contribution is 6.31. The van der Waals surface area contributed by atoms with Gasteiger partial charge in [0.15, 0.2) is 0 Å². The van der Waals surface area contributed by atoms with E-state index in [2.05, 4.69) is 5.32 Å². The molecular weight excluding hydrogens is 189 g/mol. The fourth-order valence-corrected chi connectivity index (χ4v) is 0.860. The Kier molecular flexibility index (Phi) is 3.17. The Morgan fingerprint density at radius 1 is 1.29 bits per heavy atom. The number of carbonyl (C=O) groups excluding carboxylic acids is 1. The Morgan fingerprint density at radius 2 is 1.86 bits per heavy atom. The average Bonchev–Trinajstić information content (AvgIpc) is 2.16. The second kappa shape index (κ2) is 4.36. The quantitative estimate of drug-likeness (QED) is 0.679. The molecule has 0 aromatic heterocycles. The van der Waals surface area contributed by atoms with Crippen LogP contribution in [0.3, 0.4) is 0 Å². The Hall–Kier alpha value is -1.91. The van der Waals surface area contributed by atoms with Gasteiger partial charge in [0.1, 0.15) is 5.82 Å². The summed E-state index contributed by atoms with van der Waals surface area (Å²) in [6.45, 7) is 0.0748. The van der Waals surface area contributed by atoms with Crippen LogP contribution in [0.25, 0.3) is 0 Å². The lowest BCUT2D eigenvalue weighted by Crippen LogP contribution is -2.29. The van der Waals surface area contributed by atoms with Crippen molar-refractivity contribution in [2.45, 2.75) is 6.54 Å². The summed E-state index contributed by atoms with van der Waals surface area (Å²) < 4.78 is 12.4. The van der Waals surface area contributed by atoms with Crippen LogP contribution in [0.4, 0.5) is 4.39 Å². The van der Waals surface area contributed by atoms with Crippen molar-refractivity contribution in [3.05, 3.63) is 35.6 Å². The monoisotopic (exact) mass is 197 g/mol. The molecule has 1 rings (SSSR count). The SMILES string of the molecule is O=C(O)C(=O)NCc1ccc(F)cc1. The summed E-state index contributed by atoms with van der Waals surface area (Å²) in [6, 6.07) is 5.42. The maximum Gasteiger partial charge on any atom is 0.394 e. The molecule has 1 amide bonds. The zero-order valence-electron chi connectivity index (χ0n) is 7.16. The summed E-state index contributed by atoms with van der Waals surface area (Å²) in [5.74, 6) is -2.99. The first kappa shape index (κ1) is 10.2. The summed E-state index contributed by atoms with van der Waals surface area (Å²) in [6.07, 6.45) is 0. The number of nitrogens with one attached hydrogen (secondary N) is 1. The molecule has 0 saturated heterocycles. The number of rotatable bonds is 2. The molecule has 0 aliphatic carbocycles. The van der Waals surface area contributed by atoms with E-state index in [1.54, 1.807) is 0 Å². The number of amides is 1. The molecule has 1 aromatic carbocycles. The Labute approximate surface area is 79.4 Å². The van der Waals surface area contributed by atoms with Crippen molar-refractivity contribution >= 4 is 11.9 Å². The van der Waals surface area contributed by atoms with Crippen LogP contribution < -0.4 is 5.32 Å². The molecule has 5 heteroatoms. The second-order valence-electron chi connectivity index (χ2n) is 2.61. The first-order chi connectivity index (χ1) is 6.59. The van der Waals surface area contributed by atoms with Gasteiger partial charge in [-0.1, -0.05) is 12.1 Å². The van der Waals surface area contributed by atoms with Gasteiger partial charge in [0.2, 0.25) is 0 Å². The predicted molar refractivity (Wildman–Crippen MR) is 45.9 cm³/mol. The molecule has 0 spiro atoms. The number of benzene rings is 1. The minimum absolute atomic E-state index is 0.0748. The Morgan fingerprint density at radius 3 is 2.36 bits per heavy atom. The maximum atomic E-state index is 12.4. The van der Waals surface area contributed by atoms with Gasteiger partial charge in [0.25, 0.3) is 0 Å². The smallest absolute Gasteiger partial charge is 0.394 e. The molecule has 0 radical (unpaired) electrons. The highest BCUT2D eigenvalue weighted by Gasteiger charge is 2.09. The van der Waals surface area contributed by atoms with E-state index in [0.29, 0.717) is 5.56 Å². The summed E-state index contributed by atoms with van der Waals surface area (Å²) in [5, 5.41) is 10.4. The lowest BCUT2D eigenvalue weighted by atomic mass is 10.2. The van der Waals surface area contributed by atoms with Crippen LogP contribution in [0.5, 0.6) is 0 Å². The van der Waals surface area contributed by atoms with Crippen molar-refractivity contribution in [2.75, 3.05) is 0 Å². The zero-order chi connectivity index (χ0) is 10.6. The van der Waals surface area contributed by atoms with E-state index < -0.39 is 11.9 Å². The van der Waals surface area contributed by atoms with Gasteiger partial charge >= 0.3 is 11.9 Å². The molecule has 0 bridgehead atoms. The van der Waals surface area contributed by atoms with Gasteiger partial charge < -0.3 is 10.4 Å². The third kappa shape index (κ3) is 2.85. The largest absolute Gasteiger partial charge is 0.474 e. The molecule has 0 fully saturated rings. The van der Waals surface area contributed by atoms with Gasteiger partial charge in [0.05, 0.1) is 0 Å². The van der Waals surface area contributed by atoms with Crippen molar-refractivity contribution in [3.63, 3.8) is 0 Å². The van der Waals surface area contributed by atoms with Gasteiger partial charge in [-0.05, 0) is 17.7 Å². The average molecular weight is 197 g/mol. The van der Waals surface area contributed by atoms with Crippen molar-refractivity contribution in [1.29, 1.82) is 0 Å². The second-order valence-corrected chi connectivity index (χ2v) is 2.61.